The minimum atomic E-state index is 0.503. The van der Waals surface area contributed by atoms with Gasteiger partial charge < -0.3 is 9.64 Å². The standard InChI is InChI=1S/C13H24ClNO/c14-7-6-12-4-3-8-15(10-12)11-13-5-1-2-9-16-13/h12-13H,1-11H2. The van der Waals surface area contributed by atoms with Crippen molar-refractivity contribution in [1.29, 1.82) is 0 Å². The number of ether oxygens (including phenoxy) is 1. The van der Waals surface area contributed by atoms with Crippen molar-refractivity contribution in [3.63, 3.8) is 0 Å². The number of hydrogen-bond donors (Lipinski definition) is 0. The molecule has 0 bridgehead atoms. The van der Waals surface area contributed by atoms with Crippen molar-refractivity contribution < 1.29 is 4.74 Å². The predicted octanol–water partition coefficient (Wildman–Crippen LogP) is 2.90. The second-order valence-corrected chi connectivity index (χ2v) is 5.61. The first kappa shape index (κ1) is 12.7. The molecule has 2 aliphatic heterocycles. The van der Waals surface area contributed by atoms with E-state index in [0.29, 0.717) is 6.10 Å². The lowest BCUT2D eigenvalue weighted by Gasteiger charge is -2.35. The molecule has 94 valence electrons. The Labute approximate surface area is 104 Å². The van der Waals surface area contributed by atoms with Crippen molar-refractivity contribution in [2.45, 2.75) is 44.6 Å². The predicted molar refractivity (Wildman–Crippen MR) is 68.1 cm³/mol. The van der Waals surface area contributed by atoms with E-state index in [1.54, 1.807) is 0 Å². The van der Waals surface area contributed by atoms with Crippen molar-refractivity contribution in [3.8, 4) is 0 Å². The second-order valence-electron chi connectivity index (χ2n) is 5.23. The summed E-state index contributed by atoms with van der Waals surface area (Å²) in [7, 11) is 0. The van der Waals surface area contributed by atoms with Crippen LogP contribution in [0.2, 0.25) is 0 Å². The first-order valence-corrected chi connectivity index (χ1v) is 7.32. The molecule has 0 N–H and O–H groups in total. The minimum Gasteiger partial charge on any atom is -0.377 e. The van der Waals surface area contributed by atoms with Crippen molar-refractivity contribution >= 4 is 11.6 Å². The van der Waals surface area contributed by atoms with Gasteiger partial charge in [0, 0.05) is 25.6 Å². The molecule has 2 unspecified atom stereocenters. The highest BCUT2D eigenvalue weighted by Crippen LogP contribution is 2.22. The molecule has 0 aromatic carbocycles. The molecule has 0 saturated carbocycles. The van der Waals surface area contributed by atoms with Crippen molar-refractivity contribution in [3.05, 3.63) is 0 Å². The molecule has 2 rings (SSSR count). The smallest absolute Gasteiger partial charge is 0.0702 e. The summed E-state index contributed by atoms with van der Waals surface area (Å²) < 4.78 is 5.81. The highest BCUT2D eigenvalue weighted by molar-refractivity contribution is 6.17. The van der Waals surface area contributed by atoms with E-state index in [0.717, 1.165) is 24.9 Å². The Balaban J connectivity index is 1.71. The van der Waals surface area contributed by atoms with E-state index in [-0.39, 0.29) is 0 Å². The normalized spacial score (nSPS) is 32.8. The third-order valence-corrected chi connectivity index (χ3v) is 4.07. The van der Waals surface area contributed by atoms with E-state index in [1.165, 1.54) is 51.6 Å². The van der Waals surface area contributed by atoms with Crippen molar-refractivity contribution in [2.75, 3.05) is 32.1 Å². The highest BCUT2D eigenvalue weighted by atomic mass is 35.5. The second kappa shape index (κ2) is 6.83. The Morgan fingerprint density at radius 1 is 1.19 bits per heavy atom. The van der Waals surface area contributed by atoms with Gasteiger partial charge >= 0.3 is 0 Å². The molecular weight excluding hydrogens is 222 g/mol. The fourth-order valence-corrected chi connectivity index (χ4v) is 3.26. The Hall–Kier alpha value is 0.210. The topological polar surface area (TPSA) is 12.5 Å². The Bertz CT molecular complexity index is 192. The van der Waals surface area contributed by atoms with E-state index in [1.807, 2.05) is 0 Å². The van der Waals surface area contributed by atoms with Crippen LogP contribution in [0.15, 0.2) is 0 Å². The number of hydrogen-bond acceptors (Lipinski definition) is 2. The lowest BCUT2D eigenvalue weighted by molar-refractivity contribution is -0.0128. The molecule has 2 atom stereocenters. The molecule has 2 heterocycles. The van der Waals surface area contributed by atoms with E-state index < -0.39 is 0 Å². The fourth-order valence-electron chi connectivity index (χ4n) is 2.95. The van der Waals surface area contributed by atoms with Gasteiger partial charge in [-0.15, -0.1) is 11.6 Å². The summed E-state index contributed by atoms with van der Waals surface area (Å²) in [4.78, 5) is 2.59. The number of halogens is 1. The highest BCUT2D eigenvalue weighted by Gasteiger charge is 2.23. The van der Waals surface area contributed by atoms with Crippen LogP contribution in [0.3, 0.4) is 0 Å². The summed E-state index contributed by atoms with van der Waals surface area (Å²) in [5.41, 5.74) is 0. The number of likely N-dealkylation sites (tertiary alicyclic amines) is 1. The minimum absolute atomic E-state index is 0.503. The summed E-state index contributed by atoms with van der Waals surface area (Å²) in [5, 5.41) is 0. The molecule has 2 aliphatic rings. The van der Waals surface area contributed by atoms with Crippen LogP contribution >= 0.6 is 11.6 Å². The SMILES string of the molecule is ClCCC1CCCN(CC2CCCCO2)C1. The average molecular weight is 246 g/mol. The Morgan fingerprint density at radius 2 is 2.12 bits per heavy atom. The van der Waals surface area contributed by atoms with Gasteiger partial charge in [-0.3, -0.25) is 0 Å². The molecule has 2 saturated heterocycles. The molecule has 2 fully saturated rings. The molecule has 3 heteroatoms. The maximum atomic E-state index is 5.83. The van der Waals surface area contributed by atoms with Gasteiger partial charge in [-0.05, 0) is 51.0 Å². The molecule has 0 aromatic heterocycles. The average Bonchev–Trinajstić information content (AvgIpc) is 2.31. The maximum Gasteiger partial charge on any atom is 0.0702 e. The van der Waals surface area contributed by atoms with Gasteiger partial charge in [0.1, 0.15) is 0 Å². The summed E-state index contributed by atoms with van der Waals surface area (Å²) >= 11 is 5.83. The zero-order valence-corrected chi connectivity index (χ0v) is 10.9. The molecule has 2 nitrogen and oxygen atoms in total. The number of nitrogens with zero attached hydrogens (tertiary/aromatic N) is 1. The van der Waals surface area contributed by atoms with E-state index >= 15 is 0 Å². The van der Waals surface area contributed by atoms with Gasteiger partial charge in [0.15, 0.2) is 0 Å². The van der Waals surface area contributed by atoms with Gasteiger partial charge in [-0.1, -0.05) is 0 Å². The van der Waals surface area contributed by atoms with Gasteiger partial charge in [0.25, 0.3) is 0 Å². The van der Waals surface area contributed by atoms with Crippen LogP contribution in [-0.4, -0.2) is 43.1 Å². The monoisotopic (exact) mass is 245 g/mol. The number of piperidine rings is 1. The third-order valence-electron chi connectivity index (χ3n) is 3.86. The Morgan fingerprint density at radius 3 is 2.88 bits per heavy atom. The lowest BCUT2D eigenvalue weighted by Crippen LogP contribution is -2.41. The van der Waals surface area contributed by atoms with Crippen LogP contribution in [0.25, 0.3) is 0 Å². The van der Waals surface area contributed by atoms with Gasteiger partial charge in [-0.25, -0.2) is 0 Å². The van der Waals surface area contributed by atoms with Crippen LogP contribution in [0, 0.1) is 5.92 Å². The van der Waals surface area contributed by atoms with Crippen LogP contribution in [0.1, 0.15) is 38.5 Å². The van der Waals surface area contributed by atoms with E-state index in [4.69, 9.17) is 16.3 Å². The molecule has 0 aromatic rings. The van der Waals surface area contributed by atoms with Gasteiger partial charge in [0.05, 0.1) is 6.10 Å². The summed E-state index contributed by atoms with van der Waals surface area (Å²) in [5.74, 6) is 1.65. The molecule has 16 heavy (non-hydrogen) atoms. The molecule has 0 spiro atoms. The zero-order valence-electron chi connectivity index (χ0n) is 10.2. The number of alkyl halides is 1. The number of rotatable bonds is 4. The lowest BCUT2D eigenvalue weighted by atomic mass is 9.95. The molecule has 0 amide bonds. The fraction of sp³-hybridized carbons (Fsp3) is 1.00. The largest absolute Gasteiger partial charge is 0.377 e. The maximum absolute atomic E-state index is 5.83. The first-order valence-electron chi connectivity index (χ1n) is 6.78. The van der Waals surface area contributed by atoms with Crippen LogP contribution in [0.4, 0.5) is 0 Å². The third kappa shape index (κ3) is 3.90. The molecule has 0 aliphatic carbocycles. The molecule has 0 radical (unpaired) electrons. The van der Waals surface area contributed by atoms with Crippen molar-refractivity contribution in [1.82, 2.24) is 4.90 Å². The van der Waals surface area contributed by atoms with Crippen molar-refractivity contribution in [2.24, 2.45) is 5.92 Å². The molecular formula is C13H24ClNO. The first-order chi connectivity index (χ1) is 7.88. The summed E-state index contributed by atoms with van der Waals surface area (Å²) in [6.07, 6.45) is 8.27. The van der Waals surface area contributed by atoms with E-state index in [2.05, 4.69) is 4.90 Å². The van der Waals surface area contributed by atoms with Crippen LogP contribution < -0.4 is 0 Å². The Kier molecular flexibility index (Phi) is 5.40. The zero-order chi connectivity index (χ0) is 11.2. The van der Waals surface area contributed by atoms with E-state index in [9.17, 15) is 0 Å². The van der Waals surface area contributed by atoms with Crippen LogP contribution in [-0.2, 0) is 4.74 Å². The summed E-state index contributed by atoms with van der Waals surface area (Å²) in [6.45, 7) is 4.63. The quantitative estimate of drug-likeness (QED) is 0.707. The van der Waals surface area contributed by atoms with Crippen LogP contribution in [0.5, 0.6) is 0 Å². The van der Waals surface area contributed by atoms with Gasteiger partial charge in [-0.2, -0.15) is 0 Å². The summed E-state index contributed by atoms with van der Waals surface area (Å²) in [6, 6.07) is 0. The van der Waals surface area contributed by atoms with Gasteiger partial charge in [0.2, 0.25) is 0 Å².